The van der Waals surface area contributed by atoms with Crippen LogP contribution in [0.1, 0.15) is 11.1 Å². The summed E-state index contributed by atoms with van der Waals surface area (Å²) >= 11 is 7.11. The lowest BCUT2D eigenvalue weighted by Crippen LogP contribution is -1.99. The van der Waals surface area contributed by atoms with Gasteiger partial charge < -0.3 is 19.7 Å². The van der Waals surface area contributed by atoms with Crippen LogP contribution in [-0.4, -0.2) is 10.2 Å². The average Bonchev–Trinajstić information content (AvgIpc) is 3.68. The highest BCUT2D eigenvalue weighted by atomic mass is 32.2. The first-order valence-electron chi connectivity index (χ1n) is 28.6. The summed E-state index contributed by atoms with van der Waals surface area (Å²) in [6.07, 6.45) is 0. The summed E-state index contributed by atoms with van der Waals surface area (Å²) in [7, 11) is 0. The van der Waals surface area contributed by atoms with E-state index in [2.05, 4.69) is 243 Å². The van der Waals surface area contributed by atoms with Gasteiger partial charge in [0.1, 0.15) is 23.0 Å². The van der Waals surface area contributed by atoms with Crippen LogP contribution in [0.25, 0.3) is 98.7 Å². The predicted molar refractivity (Wildman–Crippen MR) is 358 cm³/mol. The van der Waals surface area contributed by atoms with Crippen LogP contribution in [0.5, 0.6) is 23.0 Å². The Morgan fingerprint density at radius 2 is 0.605 bits per heavy atom. The van der Waals surface area contributed by atoms with Crippen LogP contribution in [0.2, 0.25) is 0 Å². The van der Waals surface area contributed by atoms with Crippen molar-refractivity contribution >= 4 is 90.1 Å². The van der Waals surface area contributed by atoms with Gasteiger partial charge in [-0.3, -0.25) is 0 Å². The Bertz CT molecular complexity index is 4760. The Labute approximate surface area is 515 Å². The average molecular weight is 1180 g/mol. The van der Waals surface area contributed by atoms with Gasteiger partial charge in [-0.15, -0.1) is 0 Å². The SMILES string of the molecule is OCc1ccc(Oc2ccc3cc(-c4ccc5ccccc5c4)ccc3c2-c2c(Oc3ccc(CO)cc3-c3cccc4c3Sc3ccccc3S4)ccc3cc(-c4ccc5ccccc5c4)ccc23)c(-c2cccc3c2Sc2ccccc2S3)c1. The molecule has 0 atom stereocenters. The molecule has 0 fully saturated rings. The van der Waals surface area contributed by atoms with E-state index >= 15 is 0 Å². The Kier molecular flexibility index (Phi) is 13.5. The molecule has 4 nitrogen and oxygen atoms in total. The summed E-state index contributed by atoms with van der Waals surface area (Å²) in [6.45, 7) is -0.243. The maximum Gasteiger partial charge on any atom is 0.136 e. The van der Waals surface area contributed by atoms with Crippen molar-refractivity contribution in [1.82, 2.24) is 0 Å². The van der Waals surface area contributed by atoms with E-state index in [1.54, 1.807) is 47.0 Å². The van der Waals surface area contributed by atoms with Gasteiger partial charge in [-0.1, -0.05) is 217 Å². The second-order valence-electron chi connectivity index (χ2n) is 21.6. The summed E-state index contributed by atoms with van der Waals surface area (Å²) in [5.74, 6) is 2.59. The summed E-state index contributed by atoms with van der Waals surface area (Å²) < 4.78 is 15.2. The fourth-order valence-corrected chi connectivity index (χ4v) is 16.9. The van der Waals surface area contributed by atoms with Gasteiger partial charge in [-0.05, 0) is 174 Å². The van der Waals surface area contributed by atoms with Crippen LogP contribution in [0.15, 0.2) is 306 Å². The third-order valence-electron chi connectivity index (χ3n) is 16.4. The van der Waals surface area contributed by atoms with Crippen molar-refractivity contribution in [1.29, 1.82) is 0 Å². The lowest BCUT2D eigenvalue weighted by Gasteiger charge is -2.24. The lowest BCUT2D eigenvalue weighted by molar-refractivity contribution is 0.281. The molecular weight excluding hydrogens is 1130 g/mol. The van der Waals surface area contributed by atoms with Gasteiger partial charge in [0.05, 0.1) is 13.2 Å². The minimum atomic E-state index is -0.121. The third-order valence-corrected chi connectivity index (χ3v) is 21.6. The molecule has 14 aromatic carbocycles. The van der Waals surface area contributed by atoms with Crippen molar-refractivity contribution < 1.29 is 19.7 Å². The monoisotopic (exact) mass is 1180 g/mol. The van der Waals surface area contributed by atoms with Crippen molar-refractivity contribution in [2.75, 3.05) is 0 Å². The molecule has 410 valence electrons. The standard InChI is InChI=1S/C78H50O4S4/c79-45-47-23-35-65(63(39-47)61-15-9-21-73-77(61)85-71-19-7-5-17-69(71)83-73)81-67-37-31-57-43-55(53-27-25-49-11-1-3-13-51(49)41-53)29-33-59(57)75(67)76-60-34-30-56(54-28-26-50-12-2-4-14-52(50)42-54)44-58(60)32-38-68(76)82-66-36-24-48(46-80)40-64(66)62-16-10-22-74-78(62)86-72-20-8-6-18-70(72)84-74/h1-44,79-80H,45-46H2. The van der Waals surface area contributed by atoms with E-state index in [0.717, 1.165) is 98.1 Å². The molecule has 0 aromatic heterocycles. The highest BCUT2D eigenvalue weighted by Crippen LogP contribution is 2.56. The molecule has 2 aliphatic rings. The molecule has 2 aliphatic heterocycles. The molecule has 86 heavy (non-hydrogen) atoms. The number of aliphatic hydroxyl groups is 2. The van der Waals surface area contributed by atoms with E-state index in [1.807, 2.05) is 24.3 Å². The number of aliphatic hydroxyl groups excluding tert-OH is 2. The second-order valence-corrected chi connectivity index (χ2v) is 25.9. The van der Waals surface area contributed by atoms with Crippen LogP contribution < -0.4 is 9.47 Å². The molecule has 0 radical (unpaired) electrons. The Morgan fingerprint density at radius 1 is 0.256 bits per heavy atom. The first-order chi connectivity index (χ1) is 42.5. The van der Waals surface area contributed by atoms with Crippen molar-refractivity contribution in [3.05, 3.63) is 278 Å². The van der Waals surface area contributed by atoms with E-state index in [0.29, 0.717) is 23.0 Å². The fraction of sp³-hybridized carbons (Fsp3) is 0.0256. The fourth-order valence-electron chi connectivity index (χ4n) is 12.1. The zero-order valence-electron chi connectivity index (χ0n) is 46.2. The molecule has 0 saturated heterocycles. The van der Waals surface area contributed by atoms with Crippen LogP contribution in [0, 0.1) is 0 Å². The summed E-state index contributed by atoms with van der Waals surface area (Å²) in [5, 5.41) is 30.3. The number of ether oxygens (including phenoxy) is 2. The molecule has 0 aliphatic carbocycles. The molecule has 0 unspecified atom stereocenters. The van der Waals surface area contributed by atoms with Crippen molar-refractivity contribution in [2.45, 2.75) is 52.4 Å². The number of fused-ring (bicyclic) bond motifs is 8. The molecule has 2 heterocycles. The highest BCUT2D eigenvalue weighted by molar-refractivity contribution is 8.05. The van der Waals surface area contributed by atoms with Gasteiger partial charge in [0.25, 0.3) is 0 Å². The molecule has 0 amide bonds. The minimum Gasteiger partial charge on any atom is -0.456 e. The molecular formula is C78H50O4S4. The van der Waals surface area contributed by atoms with Crippen LogP contribution >= 0.6 is 47.0 Å². The summed E-state index contributed by atoms with van der Waals surface area (Å²) in [6, 6.07) is 94.6. The van der Waals surface area contributed by atoms with Crippen LogP contribution in [0.4, 0.5) is 0 Å². The maximum atomic E-state index is 10.8. The lowest BCUT2D eigenvalue weighted by atomic mass is 9.89. The zero-order chi connectivity index (χ0) is 57.2. The third kappa shape index (κ3) is 9.60. The number of rotatable bonds is 11. The molecule has 16 rings (SSSR count). The van der Waals surface area contributed by atoms with E-state index in [-0.39, 0.29) is 13.2 Å². The van der Waals surface area contributed by atoms with E-state index < -0.39 is 0 Å². The molecule has 0 saturated carbocycles. The van der Waals surface area contributed by atoms with Gasteiger partial charge in [0.15, 0.2) is 0 Å². The quantitative estimate of drug-likeness (QED) is 0.133. The van der Waals surface area contributed by atoms with Gasteiger partial charge >= 0.3 is 0 Å². The maximum absolute atomic E-state index is 10.8. The Hall–Kier alpha value is -8.96. The topological polar surface area (TPSA) is 58.9 Å². The molecule has 0 spiro atoms. The van der Waals surface area contributed by atoms with Gasteiger partial charge in [0, 0.05) is 72.5 Å². The highest BCUT2D eigenvalue weighted by Gasteiger charge is 2.27. The molecule has 0 bridgehead atoms. The van der Waals surface area contributed by atoms with Crippen molar-refractivity contribution in [3.63, 3.8) is 0 Å². The largest absolute Gasteiger partial charge is 0.456 e. The Balaban J connectivity index is 0.923. The first kappa shape index (κ1) is 52.6. The smallest absolute Gasteiger partial charge is 0.136 e. The molecule has 14 aromatic rings. The number of hydrogen-bond acceptors (Lipinski definition) is 8. The van der Waals surface area contributed by atoms with Crippen molar-refractivity contribution in [3.8, 4) is 78.6 Å². The predicted octanol–water partition coefficient (Wildman–Crippen LogP) is 22.4. The molecule has 8 heteroatoms. The summed E-state index contributed by atoms with van der Waals surface area (Å²) in [4.78, 5) is 9.50. The van der Waals surface area contributed by atoms with Gasteiger partial charge in [0.2, 0.25) is 0 Å². The minimum absolute atomic E-state index is 0.121. The van der Waals surface area contributed by atoms with Gasteiger partial charge in [-0.25, -0.2) is 0 Å². The van der Waals surface area contributed by atoms with E-state index in [4.69, 9.17) is 9.47 Å². The van der Waals surface area contributed by atoms with Crippen molar-refractivity contribution in [2.24, 2.45) is 0 Å². The van der Waals surface area contributed by atoms with Gasteiger partial charge in [-0.2, -0.15) is 0 Å². The Morgan fingerprint density at radius 3 is 1.03 bits per heavy atom. The molecule has 2 N–H and O–H groups in total. The van der Waals surface area contributed by atoms with Crippen LogP contribution in [-0.2, 0) is 13.2 Å². The van der Waals surface area contributed by atoms with Crippen LogP contribution in [0.3, 0.4) is 0 Å². The van der Waals surface area contributed by atoms with E-state index in [9.17, 15) is 10.2 Å². The first-order valence-corrected chi connectivity index (χ1v) is 31.9. The zero-order valence-corrected chi connectivity index (χ0v) is 49.4. The number of benzene rings is 14. The second kappa shape index (κ2) is 22.1. The normalized spacial score (nSPS) is 12.4. The summed E-state index contributed by atoms with van der Waals surface area (Å²) in [5.41, 5.74) is 11.6. The van der Waals surface area contributed by atoms with E-state index in [1.165, 1.54) is 50.9 Å². The number of hydrogen-bond donors (Lipinski definition) is 2.